The lowest BCUT2D eigenvalue weighted by atomic mass is 9.91. The van der Waals surface area contributed by atoms with Gasteiger partial charge in [0.2, 0.25) is 0 Å². The standard InChI is InChI=1S/C18H21N5O/c1-18(13-24-2)10-11-22(12-18)16-9-8-15-19-20-17(23(15)21-16)14-6-4-3-5-7-14/h3-9H,10-13H2,1-2H3. The Bertz CT molecular complexity index is 847. The molecule has 4 rings (SSSR count). The van der Waals surface area contributed by atoms with E-state index >= 15 is 0 Å². The molecule has 0 amide bonds. The molecule has 3 aromatic rings. The highest BCUT2D eigenvalue weighted by molar-refractivity contribution is 5.59. The van der Waals surface area contributed by atoms with Crippen LogP contribution in [-0.2, 0) is 4.74 Å². The second kappa shape index (κ2) is 5.87. The first-order chi connectivity index (χ1) is 11.7. The minimum absolute atomic E-state index is 0.181. The van der Waals surface area contributed by atoms with Crippen LogP contribution in [0.15, 0.2) is 42.5 Å². The Kier molecular flexibility index (Phi) is 3.69. The van der Waals surface area contributed by atoms with Crippen LogP contribution in [0, 0.1) is 5.41 Å². The van der Waals surface area contributed by atoms with E-state index in [1.54, 1.807) is 7.11 Å². The Morgan fingerprint density at radius 1 is 1.12 bits per heavy atom. The van der Waals surface area contributed by atoms with Crippen LogP contribution >= 0.6 is 0 Å². The summed E-state index contributed by atoms with van der Waals surface area (Å²) in [5.41, 5.74) is 1.96. The van der Waals surface area contributed by atoms with E-state index in [1.165, 1.54) is 0 Å². The first-order valence-corrected chi connectivity index (χ1v) is 8.20. The van der Waals surface area contributed by atoms with Crippen LogP contribution in [0.1, 0.15) is 13.3 Å². The molecular weight excluding hydrogens is 302 g/mol. The molecule has 0 aliphatic carbocycles. The number of nitrogens with zero attached hydrogens (tertiary/aromatic N) is 5. The molecule has 1 aliphatic heterocycles. The van der Waals surface area contributed by atoms with Gasteiger partial charge in [0.05, 0.1) is 6.61 Å². The van der Waals surface area contributed by atoms with Gasteiger partial charge in [-0.1, -0.05) is 37.3 Å². The van der Waals surface area contributed by atoms with E-state index in [4.69, 9.17) is 9.84 Å². The second-order valence-electron chi connectivity index (χ2n) is 6.77. The maximum absolute atomic E-state index is 5.38. The summed E-state index contributed by atoms with van der Waals surface area (Å²) in [6, 6.07) is 14.0. The van der Waals surface area contributed by atoms with Gasteiger partial charge in [-0.3, -0.25) is 0 Å². The molecule has 3 heterocycles. The minimum atomic E-state index is 0.181. The van der Waals surface area contributed by atoms with Gasteiger partial charge >= 0.3 is 0 Å². The summed E-state index contributed by atoms with van der Waals surface area (Å²) in [5, 5.41) is 13.3. The van der Waals surface area contributed by atoms with E-state index in [9.17, 15) is 0 Å². The van der Waals surface area contributed by atoms with Crippen molar-refractivity contribution in [2.75, 3.05) is 31.7 Å². The summed E-state index contributed by atoms with van der Waals surface area (Å²) >= 11 is 0. The number of hydrogen-bond donors (Lipinski definition) is 0. The Morgan fingerprint density at radius 2 is 1.96 bits per heavy atom. The van der Waals surface area contributed by atoms with Gasteiger partial charge in [0, 0.05) is 31.2 Å². The number of hydrogen-bond acceptors (Lipinski definition) is 5. The Hall–Kier alpha value is -2.47. The molecule has 6 nitrogen and oxygen atoms in total. The van der Waals surface area contributed by atoms with Gasteiger partial charge in [-0.05, 0) is 18.6 Å². The highest BCUT2D eigenvalue weighted by Crippen LogP contribution is 2.32. The summed E-state index contributed by atoms with van der Waals surface area (Å²) in [6.07, 6.45) is 1.11. The van der Waals surface area contributed by atoms with Crippen LogP contribution in [0.4, 0.5) is 5.82 Å². The molecule has 0 N–H and O–H groups in total. The van der Waals surface area contributed by atoms with Crippen LogP contribution in [0.25, 0.3) is 17.0 Å². The molecule has 2 aromatic heterocycles. The Morgan fingerprint density at radius 3 is 2.75 bits per heavy atom. The van der Waals surface area contributed by atoms with Crippen molar-refractivity contribution in [3.63, 3.8) is 0 Å². The number of methoxy groups -OCH3 is 1. The van der Waals surface area contributed by atoms with Crippen molar-refractivity contribution in [3.05, 3.63) is 42.5 Å². The lowest BCUT2D eigenvalue weighted by molar-refractivity contribution is 0.106. The van der Waals surface area contributed by atoms with Gasteiger partial charge in [0.15, 0.2) is 11.5 Å². The van der Waals surface area contributed by atoms with Crippen molar-refractivity contribution >= 4 is 11.5 Å². The Balaban J connectivity index is 1.69. The number of rotatable bonds is 4. The highest BCUT2D eigenvalue weighted by Gasteiger charge is 2.34. The van der Waals surface area contributed by atoms with Gasteiger partial charge in [-0.25, -0.2) is 0 Å². The molecule has 1 aliphatic rings. The van der Waals surface area contributed by atoms with Gasteiger partial charge in [-0.15, -0.1) is 15.3 Å². The van der Waals surface area contributed by atoms with Crippen molar-refractivity contribution in [3.8, 4) is 11.4 Å². The third kappa shape index (κ3) is 2.63. The average Bonchev–Trinajstić information content (AvgIpc) is 3.19. The molecule has 0 radical (unpaired) electrons. The quantitative estimate of drug-likeness (QED) is 0.739. The maximum atomic E-state index is 5.38. The van der Waals surface area contributed by atoms with Crippen LogP contribution < -0.4 is 4.90 Å². The molecule has 0 spiro atoms. The topological polar surface area (TPSA) is 55.5 Å². The fourth-order valence-corrected chi connectivity index (χ4v) is 3.40. The zero-order chi connectivity index (χ0) is 16.6. The third-order valence-corrected chi connectivity index (χ3v) is 4.66. The second-order valence-corrected chi connectivity index (χ2v) is 6.77. The maximum Gasteiger partial charge on any atom is 0.185 e. The fourth-order valence-electron chi connectivity index (χ4n) is 3.40. The Labute approximate surface area is 141 Å². The van der Waals surface area contributed by atoms with E-state index < -0.39 is 0 Å². The van der Waals surface area contributed by atoms with Gasteiger partial charge in [0.25, 0.3) is 0 Å². The lowest BCUT2D eigenvalue weighted by Gasteiger charge is -2.24. The largest absolute Gasteiger partial charge is 0.384 e. The van der Waals surface area contributed by atoms with Crippen LogP contribution in [0.5, 0.6) is 0 Å². The summed E-state index contributed by atoms with van der Waals surface area (Å²) in [5.74, 6) is 1.73. The molecule has 1 atom stereocenters. The summed E-state index contributed by atoms with van der Waals surface area (Å²) in [7, 11) is 1.77. The number of benzene rings is 1. The van der Waals surface area contributed by atoms with E-state index in [-0.39, 0.29) is 5.41 Å². The summed E-state index contributed by atoms with van der Waals surface area (Å²) < 4.78 is 7.21. The normalized spacial score (nSPS) is 20.8. The van der Waals surface area contributed by atoms with Crippen LogP contribution in [0.3, 0.4) is 0 Å². The molecule has 0 saturated carbocycles. The molecule has 1 fully saturated rings. The van der Waals surface area contributed by atoms with Crippen molar-refractivity contribution in [2.45, 2.75) is 13.3 Å². The molecule has 1 aromatic carbocycles. The van der Waals surface area contributed by atoms with Gasteiger partial charge in [0.1, 0.15) is 5.82 Å². The predicted octanol–water partition coefficient (Wildman–Crippen LogP) is 2.65. The van der Waals surface area contributed by atoms with Crippen LogP contribution in [-0.4, -0.2) is 46.6 Å². The summed E-state index contributed by atoms with van der Waals surface area (Å²) in [6.45, 7) is 4.97. The fraction of sp³-hybridized carbons (Fsp3) is 0.389. The van der Waals surface area contributed by atoms with E-state index in [1.807, 2.05) is 47.0 Å². The molecule has 6 heteroatoms. The monoisotopic (exact) mass is 323 g/mol. The number of ether oxygens (including phenoxy) is 1. The highest BCUT2D eigenvalue weighted by atomic mass is 16.5. The zero-order valence-electron chi connectivity index (χ0n) is 14.0. The first kappa shape index (κ1) is 15.1. The minimum Gasteiger partial charge on any atom is -0.384 e. The predicted molar refractivity (Wildman–Crippen MR) is 93.0 cm³/mol. The molecule has 1 unspecified atom stereocenters. The van der Waals surface area contributed by atoms with Crippen molar-refractivity contribution in [1.82, 2.24) is 19.8 Å². The number of aromatic nitrogens is 4. The van der Waals surface area contributed by atoms with Crippen molar-refractivity contribution in [2.24, 2.45) is 5.41 Å². The molecule has 1 saturated heterocycles. The van der Waals surface area contributed by atoms with E-state index in [0.717, 1.165) is 49.0 Å². The molecule has 0 bridgehead atoms. The lowest BCUT2D eigenvalue weighted by Crippen LogP contribution is -2.29. The SMILES string of the molecule is COCC1(C)CCN(c2ccc3nnc(-c4ccccc4)n3n2)C1. The van der Waals surface area contributed by atoms with E-state index in [2.05, 4.69) is 22.0 Å². The van der Waals surface area contributed by atoms with Gasteiger partial charge < -0.3 is 9.64 Å². The van der Waals surface area contributed by atoms with Crippen molar-refractivity contribution < 1.29 is 4.74 Å². The number of anilines is 1. The molecule has 124 valence electrons. The van der Waals surface area contributed by atoms with Gasteiger partial charge in [-0.2, -0.15) is 4.52 Å². The van der Waals surface area contributed by atoms with E-state index in [0.29, 0.717) is 0 Å². The third-order valence-electron chi connectivity index (χ3n) is 4.66. The average molecular weight is 323 g/mol. The molecule has 24 heavy (non-hydrogen) atoms. The van der Waals surface area contributed by atoms with Crippen LogP contribution in [0.2, 0.25) is 0 Å². The molecular formula is C18H21N5O. The number of fused-ring (bicyclic) bond motifs is 1. The van der Waals surface area contributed by atoms with Crippen molar-refractivity contribution in [1.29, 1.82) is 0 Å². The summed E-state index contributed by atoms with van der Waals surface area (Å²) in [4.78, 5) is 2.31. The first-order valence-electron chi connectivity index (χ1n) is 8.20. The zero-order valence-corrected chi connectivity index (χ0v) is 14.0. The smallest absolute Gasteiger partial charge is 0.185 e.